The van der Waals surface area contributed by atoms with Gasteiger partial charge in [-0.3, -0.25) is 0 Å². The molecular weight excluding hydrogens is 356 g/mol. The van der Waals surface area contributed by atoms with Crippen LogP contribution in [0.2, 0.25) is 0 Å². The van der Waals surface area contributed by atoms with Crippen molar-refractivity contribution in [3.8, 4) is 5.75 Å². The van der Waals surface area contributed by atoms with Crippen molar-refractivity contribution in [2.45, 2.75) is 6.42 Å². The third-order valence-corrected chi connectivity index (χ3v) is 3.82. The summed E-state index contributed by atoms with van der Waals surface area (Å²) in [7, 11) is 1.65. The highest BCUT2D eigenvalue weighted by Crippen LogP contribution is 2.20. The van der Waals surface area contributed by atoms with Gasteiger partial charge >= 0.3 is 0 Å². The highest BCUT2D eigenvalue weighted by Gasteiger charge is 2.05. The normalized spacial score (nSPS) is 11.0. The van der Waals surface area contributed by atoms with Gasteiger partial charge in [0.25, 0.3) is 0 Å². The molecule has 0 radical (unpaired) electrons. The van der Waals surface area contributed by atoms with E-state index in [0.29, 0.717) is 18.2 Å². The fourth-order valence-electron chi connectivity index (χ4n) is 2.15. The number of aromatic nitrogens is 2. The summed E-state index contributed by atoms with van der Waals surface area (Å²) < 4.78 is 12.0. The van der Waals surface area contributed by atoms with Gasteiger partial charge in [0.1, 0.15) is 5.75 Å². The predicted molar refractivity (Wildman–Crippen MR) is 93.2 cm³/mol. The van der Waals surface area contributed by atoms with E-state index < -0.39 is 0 Å². The molecule has 0 saturated heterocycles. The molecule has 0 unspecified atom stereocenters. The highest BCUT2D eigenvalue weighted by molar-refractivity contribution is 9.10. The summed E-state index contributed by atoms with van der Waals surface area (Å²) >= 11 is 3.42. The second kappa shape index (κ2) is 7.24. The van der Waals surface area contributed by atoms with Gasteiger partial charge in [0.05, 0.1) is 13.5 Å². The molecule has 0 aliphatic carbocycles. The third-order valence-electron chi connectivity index (χ3n) is 3.30. The molecular formula is C18H15BrN2O2. The molecule has 5 heteroatoms. The molecule has 0 spiro atoms. The molecule has 2 aromatic carbocycles. The van der Waals surface area contributed by atoms with Crippen molar-refractivity contribution in [1.29, 1.82) is 0 Å². The first-order valence-corrected chi connectivity index (χ1v) is 7.92. The topological polar surface area (TPSA) is 48.2 Å². The monoisotopic (exact) mass is 370 g/mol. The van der Waals surface area contributed by atoms with E-state index in [2.05, 4.69) is 26.1 Å². The minimum absolute atomic E-state index is 0.475. The number of hydrogen-bond acceptors (Lipinski definition) is 4. The van der Waals surface area contributed by atoms with Crippen molar-refractivity contribution < 1.29 is 9.15 Å². The molecule has 0 amide bonds. The Morgan fingerprint density at radius 3 is 2.61 bits per heavy atom. The van der Waals surface area contributed by atoms with Crippen LogP contribution in [0.15, 0.2) is 57.4 Å². The van der Waals surface area contributed by atoms with E-state index >= 15 is 0 Å². The molecule has 0 aliphatic rings. The Labute approximate surface area is 142 Å². The van der Waals surface area contributed by atoms with E-state index in [4.69, 9.17) is 9.15 Å². The van der Waals surface area contributed by atoms with Gasteiger partial charge in [0.2, 0.25) is 11.8 Å². The van der Waals surface area contributed by atoms with Gasteiger partial charge in [-0.15, -0.1) is 10.2 Å². The van der Waals surface area contributed by atoms with Crippen LogP contribution in [0.3, 0.4) is 0 Å². The Morgan fingerprint density at radius 2 is 1.83 bits per heavy atom. The SMILES string of the molecule is COc1ccccc1C=Cc1nnc(Cc2ccc(Br)cc2)o1. The summed E-state index contributed by atoms with van der Waals surface area (Å²) in [5, 5.41) is 8.12. The lowest BCUT2D eigenvalue weighted by molar-refractivity contribution is 0.414. The number of rotatable bonds is 5. The van der Waals surface area contributed by atoms with E-state index in [1.807, 2.05) is 54.6 Å². The van der Waals surface area contributed by atoms with Crippen LogP contribution < -0.4 is 4.74 Å². The van der Waals surface area contributed by atoms with Gasteiger partial charge in [0.15, 0.2) is 0 Å². The number of para-hydroxylation sites is 1. The Bertz CT molecular complexity index is 810. The van der Waals surface area contributed by atoms with Crippen molar-refractivity contribution in [3.05, 3.63) is 75.9 Å². The van der Waals surface area contributed by atoms with Gasteiger partial charge in [-0.25, -0.2) is 0 Å². The molecule has 0 saturated carbocycles. The van der Waals surface area contributed by atoms with Crippen LogP contribution in [0, 0.1) is 0 Å². The number of benzene rings is 2. The van der Waals surface area contributed by atoms with Crippen LogP contribution in [0.1, 0.15) is 22.9 Å². The van der Waals surface area contributed by atoms with Crippen molar-refractivity contribution in [2.75, 3.05) is 7.11 Å². The van der Waals surface area contributed by atoms with Gasteiger partial charge in [-0.05, 0) is 29.8 Å². The molecule has 0 N–H and O–H groups in total. The summed E-state index contributed by atoms with van der Waals surface area (Å²) in [5.74, 6) is 1.87. The minimum atomic E-state index is 0.475. The largest absolute Gasteiger partial charge is 0.496 e. The molecule has 0 bridgehead atoms. The van der Waals surface area contributed by atoms with E-state index in [1.54, 1.807) is 13.2 Å². The maximum absolute atomic E-state index is 5.65. The lowest BCUT2D eigenvalue weighted by atomic mass is 10.1. The van der Waals surface area contributed by atoms with E-state index in [-0.39, 0.29) is 0 Å². The minimum Gasteiger partial charge on any atom is -0.496 e. The fourth-order valence-corrected chi connectivity index (χ4v) is 2.41. The van der Waals surface area contributed by atoms with Crippen LogP contribution in [0.4, 0.5) is 0 Å². The summed E-state index contributed by atoms with van der Waals surface area (Å²) in [6.45, 7) is 0. The predicted octanol–water partition coefficient (Wildman–Crippen LogP) is 4.60. The van der Waals surface area contributed by atoms with Crippen LogP contribution in [0.5, 0.6) is 5.75 Å². The molecule has 3 aromatic rings. The summed E-state index contributed by atoms with van der Waals surface area (Å²) in [5.41, 5.74) is 2.08. The fraction of sp³-hybridized carbons (Fsp3) is 0.111. The van der Waals surface area contributed by atoms with Crippen LogP contribution >= 0.6 is 15.9 Å². The van der Waals surface area contributed by atoms with Crippen LogP contribution in [-0.4, -0.2) is 17.3 Å². The molecule has 1 heterocycles. The Kier molecular flexibility index (Phi) is 4.88. The first-order valence-electron chi connectivity index (χ1n) is 7.12. The summed E-state index contributed by atoms with van der Waals surface area (Å²) in [6.07, 6.45) is 4.30. The van der Waals surface area contributed by atoms with Gasteiger partial charge in [0, 0.05) is 16.1 Å². The number of methoxy groups -OCH3 is 1. The van der Waals surface area contributed by atoms with Crippen LogP contribution in [0.25, 0.3) is 12.2 Å². The molecule has 4 nitrogen and oxygen atoms in total. The average Bonchev–Trinajstić information content (AvgIpc) is 3.03. The number of nitrogens with zero attached hydrogens (tertiary/aromatic N) is 2. The standard InChI is InChI=1S/C18H15BrN2O2/c1-22-16-5-3-2-4-14(16)8-11-17-20-21-18(23-17)12-13-6-9-15(19)10-7-13/h2-11H,12H2,1H3. The number of halogens is 1. The second-order valence-electron chi connectivity index (χ2n) is 4.91. The lowest BCUT2D eigenvalue weighted by Crippen LogP contribution is -1.87. The molecule has 1 aromatic heterocycles. The van der Waals surface area contributed by atoms with Gasteiger partial charge in [-0.2, -0.15) is 0 Å². The Balaban J connectivity index is 1.72. The van der Waals surface area contributed by atoms with Gasteiger partial charge < -0.3 is 9.15 Å². The zero-order valence-electron chi connectivity index (χ0n) is 12.6. The number of hydrogen-bond donors (Lipinski definition) is 0. The second-order valence-corrected chi connectivity index (χ2v) is 5.83. The zero-order valence-corrected chi connectivity index (χ0v) is 14.2. The lowest BCUT2D eigenvalue weighted by Gasteiger charge is -2.02. The van der Waals surface area contributed by atoms with E-state index in [0.717, 1.165) is 21.3 Å². The van der Waals surface area contributed by atoms with Gasteiger partial charge in [-0.1, -0.05) is 46.3 Å². The van der Waals surface area contributed by atoms with E-state index in [9.17, 15) is 0 Å². The van der Waals surface area contributed by atoms with E-state index in [1.165, 1.54) is 0 Å². The Hall–Kier alpha value is -2.40. The molecule has 23 heavy (non-hydrogen) atoms. The maximum Gasteiger partial charge on any atom is 0.240 e. The van der Waals surface area contributed by atoms with Crippen molar-refractivity contribution in [1.82, 2.24) is 10.2 Å². The smallest absolute Gasteiger partial charge is 0.240 e. The highest BCUT2D eigenvalue weighted by atomic mass is 79.9. The average molecular weight is 371 g/mol. The summed E-state index contributed by atoms with van der Waals surface area (Å²) in [4.78, 5) is 0. The molecule has 3 rings (SSSR count). The first-order chi connectivity index (χ1) is 11.2. The quantitative estimate of drug-likeness (QED) is 0.658. The van der Waals surface area contributed by atoms with Crippen molar-refractivity contribution in [3.63, 3.8) is 0 Å². The molecule has 116 valence electrons. The molecule has 0 fully saturated rings. The number of ether oxygens (including phenoxy) is 1. The Morgan fingerprint density at radius 1 is 1.04 bits per heavy atom. The third kappa shape index (κ3) is 4.07. The van der Waals surface area contributed by atoms with Crippen molar-refractivity contribution in [2.24, 2.45) is 0 Å². The molecule has 0 aliphatic heterocycles. The maximum atomic E-state index is 5.65. The molecule has 0 atom stereocenters. The first kappa shape index (κ1) is 15.5. The zero-order chi connectivity index (χ0) is 16.1. The van der Waals surface area contributed by atoms with Crippen molar-refractivity contribution >= 4 is 28.1 Å². The van der Waals surface area contributed by atoms with Crippen LogP contribution in [-0.2, 0) is 6.42 Å². The summed E-state index contributed by atoms with van der Waals surface area (Å²) in [6, 6.07) is 15.8.